The van der Waals surface area contributed by atoms with Crippen LogP contribution in [0.5, 0.6) is 0 Å². The van der Waals surface area contributed by atoms with Gasteiger partial charge in [-0.15, -0.1) is 0 Å². The van der Waals surface area contributed by atoms with Crippen LogP contribution in [-0.2, 0) is 10.5 Å². The zero-order valence-electron chi connectivity index (χ0n) is 15.0. The van der Waals surface area contributed by atoms with Crippen molar-refractivity contribution in [1.82, 2.24) is 14.9 Å². The second-order valence-corrected chi connectivity index (χ2v) is 8.06. The number of aromatic amines is 1. The summed E-state index contributed by atoms with van der Waals surface area (Å²) in [5.74, 6) is 2.00. The number of aromatic nitrogens is 2. The van der Waals surface area contributed by atoms with Crippen LogP contribution in [0.15, 0.2) is 29.1 Å². The molecule has 7 heteroatoms. The van der Waals surface area contributed by atoms with Crippen LogP contribution in [0.2, 0.25) is 0 Å². The highest BCUT2D eigenvalue weighted by Crippen LogP contribution is 2.16. The molecule has 2 rings (SSSR count). The van der Waals surface area contributed by atoms with Crippen LogP contribution in [0.25, 0.3) is 10.9 Å². The zero-order chi connectivity index (χ0) is 18.4. The molecule has 1 amide bonds. The SMILES string of the molecule is CN(CC(C)(C)CN)C(=O)CCSCc1nc2ccccc2c(=O)[nH]1. The van der Waals surface area contributed by atoms with Crippen molar-refractivity contribution >= 4 is 28.6 Å². The first-order valence-electron chi connectivity index (χ1n) is 8.32. The molecule has 0 fully saturated rings. The molecule has 0 saturated heterocycles. The van der Waals surface area contributed by atoms with Crippen LogP contribution in [0, 0.1) is 5.41 Å². The number of fused-ring (bicyclic) bond motifs is 1. The summed E-state index contributed by atoms with van der Waals surface area (Å²) in [7, 11) is 1.81. The van der Waals surface area contributed by atoms with E-state index in [1.165, 1.54) is 0 Å². The Hall–Kier alpha value is -1.86. The number of para-hydroxylation sites is 1. The molecule has 3 N–H and O–H groups in total. The van der Waals surface area contributed by atoms with Gasteiger partial charge in [-0.2, -0.15) is 11.8 Å². The van der Waals surface area contributed by atoms with Crippen molar-refractivity contribution in [3.05, 3.63) is 40.4 Å². The summed E-state index contributed by atoms with van der Waals surface area (Å²) in [6, 6.07) is 7.27. The van der Waals surface area contributed by atoms with E-state index < -0.39 is 0 Å². The second kappa shape index (κ2) is 8.49. The maximum Gasteiger partial charge on any atom is 0.258 e. The molecular weight excluding hydrogens is 336 g/mol. The highest BCUT2D eigenvalue weighted by Gasteiger charge is 2.20. The smallest absolute Gasteiger partial charge is 0.258 e. The first-order chi connectivity index (χ1) is 11.8. The molecule has 1 aromatic heterocycles. The van der Waals surface area contributed by atoms with E-state index in [9.17, 15) is 9.59 Å². The topological polar surface area (TPSA) is 92.1 Å². The molecule has 0 atom stereocenters. The molecule has 2 aromatic rings. The van der Waals surface area contributed by atoms with Crippen molar-refractivity contribution in [1.29, 1.82) is 0 Å². The molecule has 0 aliphatic rings. The van der Waals surface area contributed by atoms with Gasteiger partial charge in [0.2, 0.25) is 5.91 Å². The predicted octanol–water partition coefficient (Wildman–Crippen LogP) is 1.99. The Morgan fingerprint density at radius 2 is 2.08 bits per heavy atom. The van der Waals surface area contributed by atoms with Gasteiger partial charge < -0.3 is 15.6 Å². The number of benzene rings is 1. The van der Waals surface area contributed by atoms with Gasteiger partial charge in [-0.3, -0.25) is 9.59 Å². The van der Waals surface area contributed by atoms with Gasteiger partial charge in [0, 0.05) is 25.8 Å². The first-order valence-corrected chi connectivity index (χ1v) is 9.47. The summed E-state index contributed by atoms with van der Waals surface area (Å²) in [6.45, 7) is 5.29. The van der Waals surface area contributed by atoms with Crippen molar-refractivity contribution in [3.8, 4) is 0 Å². The normalized spacial score (nSPS) is 11.7. The van der Waals surface area contributed by atoms with Crippen LogP contribution >= 0.6 is 11.8 Å². The van der Waals surface area contributed by atoms with E-state index in [4.69, 9.17) is 5.73 Å². The fraction of sp³-hybridized carbons (Fsp3) is 0.500. The largest absolute Gasteiger partial charge is 0.345 e. The van der Waals surface area contributed by atoms with E-state index >= 15 is 0 Å². The Balaban J connectivity index is 1.83. The Labute approximate surface area is 152 Å². The van der Waals surface area contributed by atoms with Gasteiger partial charge in [0.25, 0.3) is 5.56 Å². The summed E-state index contributed by atoms with van der Waals surface area (Å²) >= 11 is 1.59. The summed E-state index contributed by atoms with van der Waals surface area (Å²) in [6.07, 6.45) is 0.458. The monoisotopic (exact) mass is 362 g/mol. The zero-order valence-corrected chi connectivity index (χ0v) is 15.9. The quantitative estimate of drug-likeness (QED) is 0.701. The average Bonchev–Trinajstić information content (AvgIpc) is 2.58. The highest BCUT2D eigenvalue weighted by molar-refractivity contribution is 7.98. The third-order valence-corrected chi connectivity index (χ3v) is 4.97. The Morgan fingerprint density at radius 3 is 2.80 bits per heavy atom. The number of nitrogens with two attached hydrogens (primary N) is 1. The molecule has 0 spiro atoms. The van der Waals surface area contributed by atoms with Gasteiger partial charge >= 0.3 is 0 Å². The number of amides is 1. The van der Waals surface area contributed by atoms with E-state index in [0.717, 1.165) is 0 Å². The number of nitrogens with zero attached hydrogens (tertiary/aromatic N) is 2. The lowest BCUT2D eigenvalue weighted by atomic mass is 9.93. The van der Waals surface area contributed by atoms with E-state index in [0.29, 0.717) is 47.7 Å². The molecule has 0 aliphatic heterocycles. The Bertz CT molecular complexity index is 788. The van der Waals surface area contributed by atoms with Gasteiger partial charge in [0.05, 0.1) is 16.7 Å². The maximum atomic E-state index is 12.2. The van der Waals surface area contributed by atoms with E-state index in [1.807, 2.05) is 39.1 Å². The number of rotatable bonds is 8. The summed E-state index contributed by atoms with van der Waals surface area (Å²) in [4.78, 5) is 33.2. The Kier molecular flexibility index (Phi) is 6.61. The molecule has 6 nitrogen and oxygen atoms in total. The lowest BCUT2D eigenvalue weighted by Gasteiger charge is -2.29. The van der Waals surface area contributed by atoms with Crippen molar-refractivity contribution in [2.75, 3.05) is 25.9 Å². The number of thioether (sulfide) groups is 1. The van der Waals surface area contributed by atoms with Crippen LogP contribution in [-0.4, -0.2) is 46.7 Å². The Morgan fingerprint density at radius 1 is 1.36 bits per heavy atom. The van der Waals surface area contributed by atoms with Crippen LogP contribution in [0.3, 0.4) is 0 Å². The highest BCUT2D eigenvalue weighted by atomic mass is 32.2. The van der Waals surface area contributed by atoms with E-state index in [-0.39, 0.29) is 16.9 Å². The third kappa shape index (κ3) is 5.57. The van der Waals surface area contributed by atoms with Crippen molar-refractivity contribution in [2.24, 2.45) is 11.1 Å². The number of carbonyl (C=O) groups excluding carboxylic acids is 1. The molecule has 25 heavy (non-hydrogen) atoms. The standard InChI is InChI=1S/C18H26N4O2S/c1-18(2,11-19)12-22(3)16(23)8-9-25-10-15-20-14-7-5-4-6-13(14)17(24)21-15/h4-7H,8-12,19H2,1-3H3,(H,20,21,24). The van der Waals surface area contributed by atoms with E-state index in [2.05, 4.69) is 9.97 Å². The van der Waals surface area contributed by atoms with Crippen molar-refractivity contribution in [3.63, 3.8) is 0 Å². The predicted molar refractivity (Wildman–Crippen MR) is 104 cm³/mol. The van der Waals surface area contributed by atoms with Gasteiger partial charge in [-0.25, -0.2) is 4.98 Å². The minimum Gasteiger partial charge on any atom is -0.345 e. The van der Waals surface area contributed by atoms with Gasteiger partial charge in [0.15, 0.2) is 0 Å². The molecule has 0 radical (unpaired) electrons. The van der Waals surface area contributed by atoms with Crippen molar-refractivity contribution in [2.45, 2.75) is 26.0 Å². The molecule has 0 aliphatic carbocycles. The molecule has 0 bridgehead atoms. The minimum absolute atomic E-state index is 0.0773. The number of carbonyl (C=O) groups is 1. The van der Waals surface area contributed by atoms with Crippen LogP contribution in [0.4, 0.5) is 0 Å². The lowest BCUT2D eigenvalue weighted by molar-refractivity contribution is -0.130. The minimum atomic E-state index is -0.124. The molecule has 0 saturated carbocycles. The summed E-state index contributed by atoms with van der Waals surface area (Å²) in [5.41, 5.74) is 6.21. The fourth-order valence-electron chi connectivity index (χ4n) is 2.52. The van der Waals surface area contributed by atoms with E-state index in [1.54, 1.807) is 22.7 Å². The van der Waals surface area contributed by atoms with Crippen LogP contribution in [0.1, 0.15) is 26.1 Å². The van der Waals surface area contributed by atoms with Gasteiger partial charge in [-0.1, -0.05) is 26.0 Å². The number of H-pyrrole nitrogens is 1. The van der Waals surface area contributed by atoms with Crippen molar-refractivity contribution < 1.29 is 4.79 Å². The number of hydrogen-bond acceptors (Lipinski definition) is 5. The molecule has 0 unspecified atom stereocenters. The van der Waals surface area contributed by atoms with Crippen LogP contribution < -0.4 is 11.3 Å². The first kappa shape index (κ1) is 19.5. The average molecular weight is 362 g/mol. The molecular formula is C18H26N4O2S. The lowest BCUT2D eigenvalue weighted by Crippen LogP contribution is -2.39. The third-order valence-electron chi connectivity index (χ3n) is 4.00. The molecule has 1 aromatic carbocycles. The maximum absolute atomic E-state index is 12.2. The molecule has 136 valence electrons. The van der Waals surface area contributed by atoms with Gasteiger partial charge in [-0.05, 0) is 24.1 Å². The number of nitrogens with one attached hydrogen (secondary N) is 1. The summed E-state index contributed by atoms with van der Waals surface area (Å²) < 4.78 is 0. The molecule has 1 heterocycles. The number of hydrogen-bond donors (Lipinski definition) is 2. The second-order valence-electron chi connectivity index (χ2n) is 6.95. The fourth-order valence-corrected chi connectivity index (χ4v) is 3.31. The summed E-state index contributed by atoms with van der Waals surface area (Å²) in [5, 5.41) is 0.593. The van der Waals surface area contributed by atoms with Gasteiger partial charge in [0.1, 0.15) is 5.82 Å².